The first kappa shape index (κ1) is 18.7. The molecule has 8 heteroatoms. The van der Waals surface area contributed by atoms with E-state index in [0.717, 1.165) is 16.7 Å². The molecule has 0 aliphatic rings. The lowest BCUT2D eigenvalue weighted by atomic mass is 9.89. The van der Waals surface area contributed by atoms with E-state index in [0.29, 0.717) is 23.8 Å². The van der Waals surface area contributed by atoms with Gasteiger partial charge in [0, 0.05) is 24.2 Å². The van der Waals surface area contributed by atoms with Crippen molar-refractivity contribution in [1.29, 1.82) is 0 Å². The van der Waals surface area contributed by atoms with Crippen LogP contribution in [0.15, 0.2) is 67.4 Å². The number of benzene rings is 1. The first-order valence-electron chi connectivity index (χ1n) is 9.08. The zero-order valence-corrected chi connectivity index (χ0v) is 15.8. The van der Waals surface area contributed by atoms with Gasteiger partial charge < -0.3 is 11.1 Å². The van der Waals surface area contributed by atoms with Crippen LogP contribution in [-0.2, 0) is 12.0 Å². The number of anilines is 2. The first-order valence-corrected chi connectivity index (χ1v) is 9.08. The second kappa shape index (κ2) is 7.76. The van der Waals surface area contributed by atoms with Gasteiger partial charge in [-0.15, -0.1) is 0 Å². The third-order valence-electron chi connectivity index (χ3n) is 4.55. The fraction of sp³-hybridized carbons (Fsp3) is 0.143. The van der Waals surface area contributed by atoms with Gasteiger partial charge in [-0.3, -0.25) is 10.1 Å². The number of H-pyrrole nitrogens is 1. The van der Waals surface area contributed by atoms with E-state index in [9.17, 15) is 4.39 Å². The van der Waals surface area contributed by atoms with E-state index in [1.165, 1.54) is 12.1 Å². The molecule has 1 aromatic carbocycles. The summed E-state index contributed by atoms with van der Waals surface area (Å²) >= 11 is 0. The van der Waals surface area contributed by atoms with E-state index in [2.05, 4.69) is 25.5 Å². The third-order valence-corrected chi connectivity index (χ3v) is 4.55. The number of aromatic nitrogens is 5. The summed E-state index contributed by atoms with van der Waals surface area (Å²) in [5, 5.41) is 10.0. The molecule has 0 amide bonds. The number of halogens is 1. The van der Waals surface area contributed by atoms with Crippen LogP contribution in [0.3, 0.4) is 0 Å². The molecule has 0 fully saturated rings. The van der Waals surface area contributed by atoms with Crippen LogP contribution in [0.25, 0.3) is 11.1 Å². The molecule has 7 nitrogen and oxygen atoms in total. The molecule has 0 saturated heterocycles. The number of nitrogens with two attached hydrogens (primary N) is 1. The standard InChI is InChI=1S/C21H20FN7/c1-21(23,10-14-2-4-17(22)5-3-14)18-8-15(16-11-26-27-12-16)9-19(28-18)29-20-13-24-6-7-25-20/h2-9,11-13H,10,23H2,1H3,(H,26,27)(H,25,28,29). The Balaban J connectivity index is 1.71. The molecule has 3 aromatic heterocycles. The molecule has 29 heavy (non-hydrogen) atoms. The SMILES string of the molecule is CC(N)(Cc1ccc(F)cc1)c1cc(-c2cn[nH]c2)cc(Nc2cnccn2)n1. The van der Waals surface area contributed by atoms with Crippen LogP contribution in [0.5, 0.6) is 0 Å². The predicted molar refractivity (Wildman–Crippen MR) is 109 cm³/mol. The lowest BCUT2D eigenvalue weighted by Crippen LogP contribution is -2.36. The van der Waals surface area contributed by atoms with Crippen molar-refractivity contribution >= 4 is 11.6 Å². The quantitative estimate of drug-likeness (QED) is 0.466. The number of aromatic amines is 1. The summed E-state index contributed by atoms with van der Waals surface area (Å²) in [7, 11) is 0. The second-order valence-electron chi connectivity index (χ2n) is 7.05. The molecule has 3 heterocycles. The number of rotatable bonds is 6. The van der Waals surface area contributed by atoms with Gasteiger partial charge >= 0.3 is 0 Å². The maximum Gasteiger partial charge on any atom is 0.150 e. The van der Waals surface area contributed by atoms with Crippen LogP contribution >= 0.6 is 0 Å². The van der Waals surface area contributed by atoms with Crippen molar-refractivity contribution in [1.82, 2.24) is 25.1 Å². The molecular formula is C21H20FN7. The summed E-state index contributed by atoms with van der Waals surface area (Å²) in [6.07, 6.45) is 8.86. The van der Waals surface area contributed by atoms with Crippen LogP contribution < -0.4 is 11.1 Å². The van der Waals surface area contributed by atoms with Crippen LogP contribution in [-0.4, -0.2) is 25.1 Å². The number of hydrogen-bond acceptors (Lipinski definition) is 6. The predicted octanol–water partition coefficient (Wildman–Crippen LogP) is 3.56. The van der Waals surface area contributed by atoms with Crippen molar-refractivity contribution in [3.63, 3.8) is 0 Å². The molecule has 4 rings (SSSR count). The zero-order valence-electron chi connectivity index (χ0n) is 15.8. The Morgan fingerprint density at radius 2 is 1.90 bits per heavy atom. The largest absolute Gasteiger partial charge is 0.324 e. The van der Waals surface area contributed by atoms with Gasteiger partial charge in [0.2, 0.25) is 0 Å². The third kappa shape index (κ3) is 4.44. The molecule has 146 valence electrons. The van der Waals surface area contributed by atoms with Crippen molar-refractivity contribution in [2.75, 3.05) is 5.32 Å². The highest BCUT2D eigenvalue weighted by atomic mass is 19.1. The van der Waals surface area contributed by atoms with Gasteiger partial charge in [-0.2, -0.15) is 5.10 Å². The molecule has 0 radical (unpaired) electrons. The van der Waals surface area contributed by atoms with E-state index in [1.807, 2.05) is 19.1 Å². The minimum Gasteiger partial charge on any atom is -0.324 e. The number of pyridine rings is 1. The summed E-state index contributed by atoms with van der Waals surface area (Å²) in [6.45, 7) is 1.91. The van der Waals surface area contributed by atoms with Gasteiger partial charge in [0.05, 0.1) is 23.6 Å². The highest BCUT2D eigenvalue weighted by Gasteiger charge is 2.25. The molecule has 1 atom stereocenters. The summed E-state index contributed by atoms with van der Waals surface area (Å²) in [5.74, 6) is 0.894. The van der Waals surface area contributed by atoms with Gasteiger partial charge in [-0.1, -0.05) is 12.1 Å². The Labute approximate surface area is 167 Å². The van der Waals surface area contributed by atoms with Crippen molar-refractivity contribution in [2.24, 2.45) is 5.73 Å². The average Bonchev–Trinajstić information content (AvgIpc) is 3.25. The fourth-order valence-corrected chi connectivity index (χ4v) is 3.07. The van der Waals surface area contributed by atoms with Gasteiger partial charge in [-0.05, 0) is 48.7 Å². The molecule has 0 aliphatic carbocycles. The molecule has 0 spiro atoms. The minimum absolute atomic E-state index is 0.275. The molecule has 4 N–H and O–H groups in total. The Hall–Kier alpha value is -3.65. The Morgan fingerprint density at radius 1 is 1.07 bits per heavy atom. The number of nitrogens with one attached hydrogen (secondary N) is 2. The number of nitrogens with zero attached hydrogens (tertiary/aromatic N) is 4. The Bertz CT molecular complexity index is 1080. The van der Waals surface area contributed by atoms with E-state index in [1.54, 1.807) is 43.1 Å². The van der Waals surface area contributed by atoms with Gasteiger partial charge in [-0.25, -0.2) is 14.4 Å². The topological polar surface area (TPSA) is 105 Å². The molecule has 0 bridgehead atoms. The summed E-state index contributed by atoms with van der Waals surface area (Å²) in [6, 6.07) is 10.2. The number of hydrogen-bond donors (Lipinski definition) is 3. The van der Waals surface area contributed by atoms with Gasteiger partial charge in [0.25, 0.3) is 0 Å². The highest BCUT2D eigenvalue weighted by molar-refractivity contribution is 5.68. The summed E-state index contributed by atoms with van der Waals surface area (Å²) in [5.41, 5.74) is 9.31. The van der Waals surface area contributed by atoms with Gasteiger partial charge in [0.1, 0.15) is 17.5 Å². The summed E-state index contributed by atoms with van der Waals surface area (Å²) < 4.78 is 13.2. The lowest BCUT2D eigenvalue weighted by molar-refractivity contribution is 0.476. The summed E-state index contributed by atoms with van der Waals surface area (Å²) in [4.78, 5) is 13.0. The van der Waals surface area contributed by atoms with Crippen LogP contribution in [0.2, 0.25) is 0 Å². The molecule has 0 saturated carbocycles. The Kier molecular flexibility index (Phi) is 5.01. The molecule has 1 unspecified atom stereocenters. The van der Waals surface area contributed by atoms with Gasteiger partial charge in [0.15, 0.2) is 0 Å². The van der Waals surface area contributed by atoms with E-state index < -0.39 is 5.54 Å². The van der Waals surface area contributed by atoms with Crippen LogP contribution in [0.4, 0.5) is 16.0 Å². The molecular weight excluding hydrogens is 369 g/mol. The smallest absolute Gasteiger partial charge is 0.150 e. The van der Waals surface area contributed by atoms with Crippen molar-refractivity contribution < 1.29 is 4.39 Å². The van der Waals surface area contributed by atoms with E-state index >= 15 is 0 Å². The van der Waals surface area contributed by atoms with E-state index in [-0.39, 0.29) is 5.82 Å². The molecule has 4 aromatic rings. The molecule has 0 aliphatic heterocycles. The van der Waals surface area contributed by atoms with Crippen molar-refractivity contribution in [3.8, 4) is 11.1 Å². The van der Waals surface area contributed by atoms with E-state index in [4.69, 9.17) is 10.7 Å². The highest BCUT2D eigenvalue weighted by Crippen LogP contribution is 2.29. The maximum absolute atomic E-state index is 13.2. The zero-order chi connectivity index (χ0) is 20.3. The fourth-order valence-electron chi connectivity index (χ4n) is 3.07. The second-order valence-corrected chi connectivity index (χ2v) is 7.05. The average molecular weight is 389 g/mol. The van der Waals surface area contributed by atoms with Crippen molar-refractivity contribution in [3.05, 3.63) is 84.5 Å². The van der Waals surface area contributed by atoms with Crippen LogP contribution in [0, 0.1) is 5.82 Å². The Morgan fingerprint density at radius 3 is 2.59 bits per heavy atom. The van der Waals surface area contributed by atoms with Crippen LogP contribution in [0.1, 0.15) is 18.2 Å². The first-order chi connectivity index (χ1) is 14.0. The van der Waals surface area contributed by atoms with Crippen molar-refractivity contribution in [2.45, 2.75) is 18.9 Å². The monoisotopic (exact) mass is 389 g/mol. The normalized spacial score (nSPS) is 13.1. The maximum atomic E-state index is 13.2. The lowest BCUT2D eigenvalue weighted by Gasteiger charge is -2.25. The minimum atomic E-state index is -0.781.